The summed E-state index contributed by atoms with van der Waals surface area (Å²) in [6.45, 7) is 4.38. The van der Waals surface area contributed by atoms with Gasteiger partial charge in [0.2, 0.25) is 6.10 Å². The summed E-state index contributed by atoms with van der Waals surface area (Å²) >= 11 is 0. The fraction of sp³-hybridized carbons (Fsp3) is 0.296. The molecule has 176 valence electrons. The molecule has 0 bridgehead atoms. The highest BCUT2D eigenvalue weighted by atomic mass is 16.6. The van der Waals surface area contributed by atoms with Gasteiger partial charge in [0, 0.05) is 6.54 Å². The van der Waals surface area contributed by atoms with Crippen molar-refractivity contribution in [1.29, 1.82) is 0 Å². The van der Waals surface area contributed by atoms with Crippen molar-refractivity contribution in [2.24, 2.45) is 11.7 Å². The number of amides is 2. The van der Waals surface area contributed by atoms with Crippen molar-refractivity contribution in [2.45, 2.75) is 32.4 Å². The third-order valence-electron chi connectivity index (χ3n) is 5.89. The Labute approximate surface area is 198 Å². The van der Waals surface area contributed by atoms with Gasteiger partial charge in [-0.05, 0) is 33.4 Å². The number of hydrogen-bond acceptors (Lipinski definition) is 5. The average Bonchev–Trinajstić information content (AvgIpc) is 2.83. The molecule has 2 amide bonds. The summed E-state index contributed by atoms with van der Waals surface area (Å²) in [7, 11) is 0. The molecule has 3 aromatic rings. The molecule has 0 radical (unpaired) electrons. The zero-order valence-corrected chi connectivity index (χ0v) is 19.3. The van der Waals surface area contributed by atoms with E-state index in [0.29, 0.717) is 6.54 Å². The smallest absolute Gasteiger partial charge is 0.351 e. The lowest BCUT2D eigenvalue weighted by Crippen LogP contribution is -2.45. The van der Waals surface area contributed by atoms with Crippen LogP contribution in [-0.2, 0) is 19.1 Å². The van der Waals surface area contributed by atoms with Crippen molar-refractivity contribution in [3.8, 4) is 11.1 Å². The lowest BCUT2D eigenvalue weighted by Gasteiger charge is -2.32. The van der Waals surface area contributed by atoms with Crippen LogP contribution in [0.3, 0.4) is 0 Å². The van der Waals surface area contributed by atoms with Gasteiger partial charge in [-0.25, -0.2) is 9.59 Å². The summed E-state index contributed by atoms with van der Waals surface area (Å²) in [5.41, 5.74) is 8.58. The molecule has 34 heavy (non-hydrogen) atoms. The molecular weight excluding hydrogens is 432 g/mol. The first kappa shape index (κ1) is 23.3. The lowest BCUT2D eigenvalue weighted by molar-refractivity contribution is -0.192. The van der Waals surface area contributed by atoms with Crippen molar-refractivity contribution in [3.05, 3.63) is 72.3 Å². The molecule has 7 heteroatoms. The number of primary amides is 1. The number of urea groups is 1. The molecule has 1 aliphatic heterocycles. The number of esters is 2. The van der Waals surface area contributed by atoms with Crippen molar-refractivity contribution in [3.63, 3.8) is 0 Å². The number of ether oxygens (including phenoxy) is 2. The van der Waals surface area contributed by atoms with Crippen LogP contribution >= 0.6 is 0 Å². The van der Waals surface area contributed by atoms with Gasteiger partial charge >= 0.3 is 18.0 Å². The van der Waals surface area contributed by atoms with Gasteiger partial charge in [0.25, 0.3) is 0 Å². The highest BCUT2D eigenvalue weighted by Crippen LogP contribution is 2.32. The van der Waals surface area contributed by atoms with Crippen LogP contribution in [0.15, 0.2) is 66.7 Å². The molecule has 2 N–H and O–H groups in total. The molecule has 4 rings (SSSR count). The number of nitrogens with two attached hydrogens (primary N) is 1. The number of rotatable bonds is 8. The second kappa shape index (κ2) is 9.95. The monoisotopic (exact) mass is 460 g/mol. The summed E-state index contributed by atoms with van der Waals surface area (Å²) in [6.07, 6.45) is -0.999. The number of carbonyl (C=O) groups is 3. The molecule has 1 fully saturated rings. The van der Waals surface area contributed by atoms with Crippen LogP contribution < -0.4 is 5.73 Å². The molecule has 1 saturated heterocycles. The quantitative estimate of drug-likeness (QED) is 0.501. The highest BCUT2D eigenvalue weighted by Gasteiger charge is 2.36. The standard InChI is InChI=1S/C27H28N2O5/c1-17(2)15-29(27(28)32)23(14-25(30)34-24-16-33-26(24)31)20-12-10-19(11-13-20)22-9-5-7-18-6-3-4-8-21(18)22/h3-13,17,23-24H,14-16H2,1-2H3,(H2,28,32). The number of carbonyl (C=O) groups excluding carboxylic acids is 3. The third kappa shape index (κ3) is 5.03. The number of cyclic esters (lactones) is 1. The molecule has 2 unspecified atom stereocenters. The van der Waals surface area contributed by atoms with Gasteiger partial charge in [-0.1, -0.05) is 80.6 Å². The van der Waals surface area contributed by atoms with E-state index in [1.165, 1.54) is 4.90 Å². The second-order valence-electron chi connectivity index (χ2n) is 8.86. The first-order valence-electron chi connectivity index (χ1n) is 11.3. The Kier molecular flexibility index (Phi) is 6.82. The summed E-state index contributed by atoms with van der Waals surface area (Å²) in [5, 5.41) is 2.29. The topological polar surface area (TPSA) is 98.9 Å². The number of fused-ring (bicyclic) bond motifs is 1. The predicted octanol–water partition coefficient (Wildman–Crippen LogP) is 4.44. The Morgan fingerprint density at radius 3 is 2.38 bits per heavy atom. The Morgan fingerprint density at radius 1 is 1.06 bits per heavy atom. The van der Waals surface area contributed by atoms with Crippen LogP contribution in [0.25, 0.3) is 21.9 Å². The summed E-state index contributed by atoms with van der Waals surface area (Å²) in [5.74, 6) is -0.999. The van der Waals surface area contributed by atoms with Crippen LogP contribution in [0, 0.1) is 5.92 Å². The maximum absolute atomic E-state index is 12.6. The Bertz CT molecular complexity index is 1200. The summed E-state index contributed by atoms with van der Waals surface area (Å²) < 4.78 is 9.89. The van der Waals surface area contributed by atoms with Crippen molar-refractivity contribution in [1.82, 2.24) is 4.90 Å². The van der Waals surface area contributed by atoms with E-state index in [-0.39, 0.29) is 18.9 Å². The fourth-order valence-corrected chi connectivity index (χ4v) is 4.20. The van der Waals surface area contributed by atoms with Gasteiger partial charge in [-0.3, -0.25) is 4.79 Å². The van der Waals surface area contributed by atoms with Gasteiger partial charge in [0.05, 0.1) is 12.5 Å². The van der Waals surface area contributed by atoms with Crippen LogP contribution in [0.5, 0.6) is 0 Å². The highest BCUT2D eigenvalue weighted by molar-refractivity contribution is 5.96. The zero-order valence-electron chi connectivity index (χ0n) is 19.3. The third-order valence-corrected chi connectivity index (χ3v) is 5.89. The van der Waals surface area contributed by atoms with Crippen LogP contribution in [0.1, 0.15) is 31.9 Å². The van der Waals surface area contributed by atoms with Crippen LogP contribution in [-0.4, -0.2) is 42.1 Å². The molecular formula is C27H28N2O5. The van der Waals surface area contributed by atoms with Gasteiger partial charge in [-0.2, -0.15) is 0 Å². The van der Waals surface area contributed by atoms with E-state index in [2.05, 4.69) is 29.0 Å². The molecule has 7 nitrogen and oxygen atoms in total. The predicted molar refractivity (Wildman–Crippen MR) is 129 cm³/mol. The molecule has 1 aliphatic rings. The first-order chi connectivity index (χ1) is 16.3. The van der Waals surface area contributed by atoms with Crippen LogP contribution in [0.2, 0.25) is 0 Å². The molecule has 0 aromatic heterocycles. The van der Waals surface area contributed by atoms with Gasteiger partial charge in [0.1, 0.15) is 6.61 Å². The maximum Gasteiger partial charge on any atom is 0.351 e. The molecule has 3 aromatic carbocycles. The number of nitrogens with zero attached hydrogens (tertiary/aromatic N) is 1. The van der Waals surface area contributed by atoms with Gasteiger partial charge in [0.15, 0.2) is 0 Å². The van der Waals surface area contributed by atoms with E-state index in [1.807, 2.05) is 56.3 Å². The van der Waals surface area contributed by atoms with E-state index in [9.17, 15) is 14.4 Å². The molecule has 0 aliphatic carbocycles. The Morgan fingerprint density at radius 2 is 1.76 bits per heavy atom. The van der Waals surface area contributed by atoms with Gasteiger partial charge in [-0.15, -0.1) is 0 Å². The number of benzene rings is 3. The van der Waals surface area contributed by atoms with Crippen LogP contribution in [0.4, 0.5) is 4.79 Å². The first-order valence-corrected chi connectivity index (χ1v) is 11.3. The Balaban J connectivity index is 1.64. The Hall–Kier alpha value is -3.87. The van der Waals surface area contributed by atoms with Crippen molar-refractivity contribution in [2.75, 3.05) is 13.2 Å². The summed E-state index contributed by atoms with van der Waals surface area (Å²) in [4.78, 5) is 37.8. The largest absolute Gasteiger partial charge is 0.458 e. The minimum Gasteiger partial charge on any atom is -0.458 e. The SMILES string of the molecule is CC(C)CN(C(N)=O)C(CC(=O)OC1COC1=O)c1ccc(-c2cccc3ccccc23)cc1. The van der Waals surface area contributed by atoms with E-state index >= 15 is 0 Å². The second-order valence-corrected chi connectivity index (χ2v) is 8.86. The van der Waals surface area contributed by atoms with Crippen molar-refractivity contribution < 1.29 is 23.9 Å². The van der Waals surface area contributed by atoms with E-state index in [1.54, 1.807) is 0 Å². The minimum atomic E-state index is -0.881. The average molecular weight is 461 g/mol. The van der Waals surface area contributed by atoms with E-state index in [4.69, 9.17) is 10.5 Å². The maximum atomic E-state index is 12.6. The van der Waals surface area contributed by atoms with E-state index < -0.39 is 30.1 Å². The normalized spacial score (nSPS) is 16.0. The molecule has 0 saturated carbocycles. The molecule has 0 spiro atoms. The number of hydrogen-bond donors (Lipinski definition) is 1. The molecule has 2 atom stereocenters. The van der Waals surface area contributed by atoms with Crippen molar-refractivity contribution >= 4 is 28.7 Å². The van der Waals surface area contributed by atoms with E-state index in [0.717, 1.165) is 27.5 Å². The fourth-order valence-electron chi connectivity index (χ4n) is 4.20. The zero-order chi connectivity index (χ0) is 24.2. The van der Waals surface area contributed by atoms with Gasteiger partial charge < -0.3 is 20.1 Å². The molecule has 1 heterocycles. The summed E-state index contributed by atoms with van der Waals surface area (Å²) in [6, 6.07) is 20.9. The minimum absolute atomic E-state index is 0.0560. The lowest BCUT2D eigenvalue weighted by atomic mass is 9.95.